The molecule has 0 bridgehead atoms. The number of amides is 2. The van der Waals surface area contributed by atoms with E-state index >= 15 is 0 Å². The van der Waals surface area contributed by atoms with Crippen LogP contribution in [0.2, 0.25) is 0 Å². The van der Waals surface area contributed by atoms with Crippen molar-refractivity contribution in [2.75, 3.05) is 13.7 Å². The number of hydrogen-bond acceptors (Lipinski definition) is 5. The van der Waals surface area contributed by atoms with Gasteiger partial charge in [0.05, 0.1) is 35.0 Å². The highest BCUT2D eigenvalue weighted by molar-refractivity contribution is 14.1. The standard InChI is InChI=1S/C18H23IN2O5/c1-6-25-17(22)14-10(4)20-18(23)21-15(14)11-7-12(19)16(26-9(2)3)13(8-11)24-5/h7-9,15H,6H2,1-5H3,(H2,20,21,23). The summed E-state index contributed by atoms with van der Waals surface area (Å²) in [6, 6.07) is 2.61. The third-order valence-corrected chi connectivity index (χ3v) is 4.50. The number of urea groups is 1. The molecular formula is C18H23IN2O5. The Balaban J connectivity index is 2.53. The molecule has 1 unspecified atom stereocenters. The average molecular weight is 474 g/mol. The van der Waals surface area contributed by atoms with Crippen molar-refractivity contribution in [3.8, 4) is 11.5 Å². The lowest BCUT2D eigenvalue weighted by Gasteiger charge is -2.29. The summed E-state index contributed by atoms with van der Waals surface area (Å²) < 4.78 is 17.3. The third-order valence-electron chi connectivity index (χ3n) is 3.70. The van der Waals surface area contributed by atoms with E-state index in [2.05, 4.69) is 33.2 Å². The molecule has 0 spiro atoms. The van der Waals surface area contributed by atoms with E-state index < -0.39 is 12.0 Å². The van der Waals surface area contributed by atoms with Crippen LogP contribution in [0, 0.1) is 3.57 Å². The Labute approximate surface area is 166 Å². The molecule has 0 fully saturated rings. The number of benzene rings is 1. The molecule has 1 aliphatic rings. The first-order valence-electron chi connectivity index (χ1n) is 8.27. The number of nitrogens with one attached hydrogen (secondary N) is 2. The number of allylic oxidation sites excluding steroid dienone is 1. The van der Waals surface area contributed by atoms with Crippen molar-refractivity contribution in [2.45, 2.75) is 39.8 Å². The summed E-state index contributed by atoms with van der Waals surface area (Å²) >= 11 is 2.15. The van der Waals surface area contributed by atoms with E-state index in [9.17, 15) is 9.59 Å². The molecule has 1 aliphatic heterocycles. The van der Waals surface area contributed by atoms with E-state index in [1.165, 1.54) is 0 Å². The molecule has 1 aromatic carbocycles. The maximum absolute atomic E-state index is 12.4. The molecule has 0 aliphatic carbocycles. The number of methoxy groups -OCH3 is 1. The molecule has 0 radical (unpaired) electrons. The number of esters is 1. The highest BCUT2D eigenvalue weighted by atomic mass is 127. The van der Waals surface area contributed by atoms with Gasteiger partial charge in [-0.25, -0.2) is 9.59 Å². The summed E-state index contributed by atoms with van der Waals surface area (Å²) in [6.45, 7) is 7.53. The first-order chi connectivity index (χ1) is 12.3. The second-order valence-electron chi connectivity index (χ2n) is 5.99. The van der Waals surface area contributed by atoms with Gasteiger partial charge in [0.2, 0.25) is 0 Å². The molecule has 0 saturated heterocycles. The molecule has 1 aromatic rings. The van der Waals surface area contributed by atoms with Gasteiger partial charge in [0.25, 0.3) is 0 Å². The van der Waals surface area contributed by atoms with Crippen LogP contribution in [-0.4, -0.2) is 31.8 Å². The minimum absolute atomic E-state index is 0.0147. The second-order valence-corrected chi connectivity index (χ2v) is 7.15. The van der Waals surface area contributed by atoms with Crippen LogP contribution in [0.3, 0.4) is 0 Å². The number of carbonyl (C=O) groups excluding carboxylic acids is 2. The zero-order valence-corrected chi connectivity index (χ0v) is 17.6. The van der Waals surface area contributed by atoms with Crippen molar-refractivity contribution in [3.63, 3.8) is 0 Å². The van der Waals surface area contributed by atoms with Crippen molar-refractivity contribution in [1.29, 1.82) is 0 Å². The molecule has 142 valence electrons. The summed E-state index contributed by atoms with van der Waals surface area (Å²) in [5.41, 5.74) is 1.54. The largest absolute Gasteiger partial charge is 0.493 e. The number of rotatable bonds is 6. The summed E-state index contributed by atoms with van der Waals surface area (Å²) in [5, 5.41) is 5.40. The van der Waals surface area contributed by atoms with Crippen LogP contribution >= 0.6 is 22.6 Å². The predicted octanol–water partition coefficient (Wildman–Crippen LogP) is 3.28. The minimum Gasteiger partial charge on any atom is -0.493 e. The Morgan fingerprint density at radius 3 is 2.62 bits per heavy atom. The van der Waals surface area contributed by atoms with Crippen LogP contribution in [0.4, 0.5) is 4.79 Å². The zero-order chi connectivity index (χ0) is 19.4. The van der Waals surface area contributed by atoms with Gasteiger partial charge in [-0.2, -0.15) is 0 Å². The quantitative estimate of drug-likeness (QED) is 0.489. The number of hydrogen-bond donors (Lipinski definition) is 2. The van der Waals surface area contributed by atoms with Gasteiger partial charge in [-0.05, 0) is 68.0 Å². The minimum atomic E-state index is -0.640. The van der Waals surface area contributed by atoms with Crippen molar-refractivity contribution in [1.82, 2.24) is 10.6 Å². The summed E-state index contributed by atoms with van der Waals surface area (Å²) in [4.78, 5) is 24.4. The summed E-state index contributed by atoms with van der Waals surface area (Å²) in [5.74, 6) is 0.693. The highest BCUT2D eigenvalue weighted by Crippen LogP contribution is 2.38. The fraction of sp³-hybridized carbons (Fsp3) is 0.444. The SMILES string of the molecule is CCOC(=O)C1=C(C)NC(=O)NC1c1cc(I)c(OC(C)C)c(OC)c1. The summed E-state index contributed by atoms with van der Waals surface area (Å²) in [6.07, 6.45) is -0.0147. The van der Waals surface area contributed by atoms with Crippen LogP contribution in [0.15, 0.2) is 23.4 Å². The normalized spacial score (nSPS) is 16.9. The van der Waals surface area contributed by atoms with Crippen molar-refractivity contribution >= 4 is 34.6 Å². The number of halogens is 1. The van der Waals surface area contributed by atoms with E-state index in [0.29, 0.717) is 28.3 Å². The van der Waals surface area contributed by atoms with Crippen LogP contribution in [0.1, 0.15) is 39.3 Å². The maximum Gasteiger partial charge on any atom is 0.338 e. The molecule has 26 heavy (non-hydrogen) atoms. The van der Waals surface area contributed by atoms with Gasteiger partial charge in [0, 0.05) is 5.70 Å². The van der Waals surface area contributed by atoms with Gasteiger partial charge >= 0.3 is 12.0 Å². The van der Waals surface area contributed by atoms with Gasteiger partial charge in [-0.1, -0.05) is 0 Å². The van der Waals surface area contributed by atoms with Gasteiger partial charge in [-0.15, -0.1) is 0 Å². The van der Waals surface area contributed by atoms with Gasteiger partial charge < -0.3 is 24.8 Å². The van der Waals surface area contributed by atoms with Crippen LogP contribution in [-0.2, 0) is 9.53 Å². The maximum atomic E-state index is 12.4. The number of carbonyl (C=O) groups is 2. The van der Waals surface area contributed by atoms with Crippen molar-refractivity contribution < 1.29 is 23.8 Å². The molecule has 0 saturated carbocycles. The van der Waals surface area contributed by atoms with E-state index in [-0.39, 0.29) is 18.7 Å². The van der Waals surface area contributed by atoms with E-state index in [1.54, 1.807) is 27.0 Å². The van der Waals surface area contributed by atoms with Crippen molar-refractivity contribution in [3.05, 3.63) is 32.5 Å². The molecule has 1 heterocycles. The number of ether oxygens (including phenoxy) is 3. The topological polar surface area (TPSA) is 85.9 Å². The lowest BCUT2D eigenvalue weighted by Crippen LogP contribution is -2.45. The van der Waals surface area contributed by atoms with E-state index in [0.717, 1.165) is 3.57 Å². The van der Waals surface area contributed by atoms with Crippen LogP contribution in [0.25, 0.3) is 0 Å². The monoisotopic (exact) mass is 474 g/mol. The van der Waals surface area contributed by atoms with Crippen molar-refractivity contribution in [2.24, 2.45) is 0 Å². The molecule has 2 rings (SSSR count). The predicted molar refractivity (Wildman–Crippen MR) is 105 cm³/mol. The average Bonchev–Trinajstić information content (AvgIpc) is 2.55. The van der Waals surface area contributed by atoms with Gasteiger partial charge in [0.1, 0.15) is 0 Å². The smallest absolute Gasteiger partial charge is 0.338 e. The Kier molecular flexibility index (Phi) is 6.74. The second kappa shape index (κ2) is 8.61. The zero-order valence-electron chi connectivity index (χ0n) is 15.4. The molecule has 7 nitrogen and oxygen atoms in total. The summed E-state index contributed by atoms with van der Waals surface area (Å²) in [7, 11) is 1.55. The Bertz CT molecular complexity index is 745. The Morgan fingerprint density at radius 1 is 1.35 bits per heavy atom. The molecule has 2 amide bonds. The fourth-order valence-corrected chi connectivity index (χ4v) is 3.43. The Hall–Kier alpha value is -1.97. The van der Waals surface area contributed by atoms with Crippen LogP contribution in [0.5, 0.6) is 11.5 Å². The Morgan fingerprint density at radius 2 is 2.04 bits per heavy atom. The van der Waals surface area contributed by atoms with Crippen LogP contribution < -0.4 is 20.1 Å². The molecule has 2 N–H and O–H groups in total. The lowest BCUT2D eigenvalue weighted by molar-refractivity contribution is -0.139. The van der Waals surface area contributed by atoms with Gasteiger partial charge in [0.15, 0.2) is 11.5 Å². The molecule has 0 aromatic heterocycles. The third kappa shape index (κ3) is 4.40. The fourth-order valence-electron chi connectivity index (χ4n) is 2.68. The van der Waals surface area contributed by atoms with Gasteiger partial charge in [-0.3, -0.25) is 0 Å². The lowest BCUT2D eigenvalue weighted by atomic mass is 9.95. The molecular weight excluding hydrogens is 451 g/mol. The molecule has 8 heteroatoms. The first-order valence-corrected chi connectivity index (χ1v) is 9.35. The highest BCUT2D eigenvalue weighted by Gasteiger charge is 2.33. The molecule has 1 atom stereocenters. The van der Waals surface area contributed by atoms with E-state index in [4.69, 9.17) is 14.2 Å². The van der Waals surface area contributed by atoms with E-state index in [1.807, 2.05) is 19.9 Å². The first kappa shape index (κ1) is 20.3.